The smallest absolute Gasteiger partial charge is 0.287 e. The van der Waals surface area contributed by atoms with Crippen LogP contribution in [0.15, 0.2) is 65.3 Å². The van der Waals surface area contributed by atoms with Gasteiger partial charge in [-0.1, -0.05) is 12.1 Å². The van der Waals surface area contributed by atoms with Crippen LogP contribution >= 0.6 is 0 Å². The molecular formula is C24H17F5N2O3. The van der Waals surface area contributed by atoms with Crippen LogP contribution in [0.25, 0.3) is 5.69 Å². The normalized spacial score (nSPS) is 11.9. The van der Waals surface area contributed by atoms with Crippen LogP contribution in [0.5, 0.6) is 5.75 Å². The van der Waals surface area contributed by atoms with E-state index in [1.165, 1.54) is 12.1 Å². The maximum Gasteiger partial charge on any atom is 0.287 e. The predicted octanol–water partition coefficient (Wildman–Crippen LogP) is 5.84. The van der Waals surface area contributed by atoms with Crippen LogP contribution in [0.1, 0.15) is 34.8 Å². The summed E-state index contributed by atoms with van der Waals surface area (Å²) in [5.74, 6) is -12.9. The molecule has 0 aliphatic carbocycles. The highest BCUT2D eigenvalue weighted by Gasteiger charge is 2.27. The molecule has 4 aromatic rings. The van der Waals surface area contributed by atoms with Gasteiger partial charge in [0.1, 0.15) is 12.4 Å². The van der Waals surface area contributed by atoms with Crippen LogP contribution in [0.2, 0.25) is 0 Å². The van der Waals surface area contributed by atoms with Gasteiger partial charge >= 0.3 is 0 Å². The van der Waals surface area contributed by atoms with Crippen molar-refractivity contribution in [1.82, 2.24) is 9.88 Å². The molecule has 0 fully saturated rings. The van der Waals surface area contributed by atoms with Crippen LogP contribution < -0.4 is 10.1 Å². The summed E-state index contributed by atoms with van der Waals surface area (Å²) in [5, 5.41) is 2.77. The molecule has 1 N–H and O–H groups in total. The van der Waals surface area contributed by atoms with Crippen LogP contribution in [-0.2, 0) is 6.61 Å². The second kappa shape index (κ2) is 9.42. The molecule has 4 rings (SSSR count). The van der Waals surface area contributed by atoms with Crippen molar-refractivity contribution in [2.75, 3.05) is 0 Å². The highest BCUT2D eigenvalue weighted by Crippen LogP contribution is 2.30. The van der Waals surface area contributed by atoms with Gasteiger partial charge in [-0.25, -0.2) is 13.2 Å². The van der Waals surface area contributed by atoms with Gasteiger partial charge in [-0.05, 0) is 48.9 Å². The number of aromatic nitrogens is 1. The number of ether oxygens (including phenoxy) is 1. The van der Waals surface area contributed by atoms with Gasteiger partial charge in [0, 0.05) is 18.1 Å². The zero-order chi connectivity index (χ0) is 24.4. The first kappa shape index (κ1) is 23.1. The summed E-state index contributed by atoms with van der Waals surface area (Å²) in [7, 11) is 0. The van der Waals surface area contributed by atoms with E-state index in [9.17, 15) is 26.7 Å². The molecule has 0 aliphatic rings. The summed E-state index contributed by atoms with van der Waals surface area (Å²) in [6, 6.07) is 13.5. The Hall–Kier alpha value is -4.08. The number of carbonyl (C=O) groups is 1. The van der Waals surface area contributed by atoms with Gasteiger partial charge in [-0.15, -0.1) is 0 Å². The number of benzene rings is 2. The lowest BCUT2D eigenvalue weighted by Crippen LogP contribution is -2.26. The Labute approximate surface area is 190 Å². The number of furan rings is 1. The van der Waals surface area contributed by atoms with Gasteiger partial charge < -0.3 is 19.0 Å². The maximum atomic E-state index is 13.7. The molecule has 176 valence electrons. The lowest BCUT2D eigenvalue weighted by atomic mass is 10.1. The third-order valence-electron chi connectivity index (χ3n) is 5.03. The van der Waals surface area contributed by atoms with E-state index in [1.54, 1.807) is 6.92 Å². The summed E-state index contributed by atoms with van der Waals surface area (Å²) >= 11 is 0. The Bertz CT molecular complexity index is 1310. The van der Waals surface area contributed by atoms with Crippen molar-refractivity contribution in [3.63, 3.8) is 0 Å². The number of nitrogens with one attached hydrogen (secondary N) is 1. The van der Waals surface area contributed by atoms with Crippen LogP contribution in [0.3, 0.4) is 0 Å². The fourth-order valence-corrected chi connectivity index (χ4v) is 3.24. The van der Waals surface area contributed by atoms with Gasteiger partial charge in [-0.3, -0.25) is 4.79 Å². The maximum absolute atomic E-state index is 13.7. The first-order valence-corrected chi connectivity index (χ1v) is 10.0. The Kier molecular flexibility index (Phi) is 6.40. The summed E-state index contributed by atoms with van der Waals surface area (Å²) < 4.78 is 79.1. The molecule has 2 heterocycles. The molecular weight excluding hydrogens is 459 g/mol. The van der Waals surface area contributed by atoms with E-state index in [2.05, 4.69) is 5.32 Å². The molecule has 0 aliphatic heterocycles. The number of hydrogen-bond acceptors (Lipinski definition) is 3. The van der Waals surface area contributed by atoms with Crippen molar-refractivity contribution in [3.8, 4) is 11.4 Å². The van der Waals surface area contributed by atoms with Crippen molar-refractivity contribution in [2.24, 2.45) is 0 Å². The number of nitrogens with zero attached hydrogens (tertiary/aromatic N) is 1. The molecule has 10 heteroatoms. The largest absolute Gasteiger partial charge is 0.479 e. The van der Waals surface area contributed by atoms with E-state index in [-0.39, 0.29) is 17.6 Å². The fraction of sp³-hybridized carbons (Fsp3) is 0.125. The number of halogens is 5. The monoisotopic (exact) mass is 476 g/mol. The summed E-state index contributed by atoms with van der Waals surface area (Å²) in [6.07, 6.45) is 3.78. The van der Waals surface area contributed by atoms with Crippen molar-refractivity contribution in [1.29, 1.82) is 0 Å². The SMILES string of the molecule is CC(NC(=O)c1ccc(COc2c(F)c(F)c(F)c(F)c2F)o1)c1cccc(-n2cccc2)c1. The Morgan fingerprint density at radius 3 is 2.26 bits per heavy atom. The van der Waals surface area contributed by atoms with Crippen LogP contribution in [-0.4, -0.2) is 10.5 Å². The third kappa shape index (κ3) is 4.52. The van der Waals surface area contributed by atoms with Gasteiger partial charge in [0.25, 0.3) is 5.91 Å². The van der Waals surface area contributed by atoms with Gasteiger partial charge in [0.2, 0.25) is 29.1 Å². The van der Waals surface area contributed by atoms with E-state index >= 15 is 0 Å². The van der Waals surface area contributed by atoms with E-state index in [0.717, 1.165) is 11.3 Å². The molecule has 0 radical (unpaired) electrons. The molecule has 2 aromatic carbocycles. The second-order valence-electron chi connectivity index (χ2n) is 7.33. The van der Waals surface area contributed by atoms with Gasteiger partial charge in [0.15, 0.2) is 11.5 Å². The highest BCUT2D eigenvalue weighted by molar-refractivity contribution is 5.91. The van der Waals surface area contributed by atoms with E-state index < -0.39 is 47.3 Å². The van der Waals surface area contributed by atoms with Gasteiger partial charge in [0.05, 0.1) is 6.04 Å². The molecule has 2 aromatic heterocycles. The second-order valence-corrected chi connectivity index (χ2v) is 7.33. The molecule has 0 saturated carbocycles. The zero-order valence-corrected chi connectivity index (χ0v) is 17.6. The molecule has 1 atom stereocenters. The number of hydrogen-bond donors (Lipinski definition) is 1. The fourth-order valence-electron chi connectivity index (χ4n) is 3.24. The quantitative estimate of drug-likeness (QED) is 0.207. The lowest BCUT2D eigenvalue weighted by molar-refractivity contribution is 0.0907. The van der Waals surface area contributed by atoms with Gasteiger partial charge in [-0.2, -0.15) is 8.78 Å². The van der Waals surface area contributed by atoms with E-state index in [0.29, 0.717) is 0 Å². The summed E-state index contributed by atoms with van der Waals surface area (Å²) in [5.41, 5.74) is 1.75. The minimum atomic E-state index is -2.28. The molecule has 34 heavy (non-hydrogen) atoms. The van der Waals surface area contributed by atoms with E-state index in [1.807, 2.05) is 53.4 Å². The molecule has 0 saturated heterocycles. The standard InChI is InChI=1S/C24H17F5N2O3/c1-13(14-5-4-6-15(11-14)31-9-2-3-10-31)30-24(32)17-8-7-16(34-17)12-33-23-21(28)19(26)18(25)20(27)22(23)29/h2-11,13H,12H2,1H3,(H,30,32). The predicted molar refractivity (Wildman–Crippen MR) is 111 cm³/mol. The van der Waals surface area contributed by atoms with Crippen molar-refractivity contribution >= 4 is 5.91 Å². The number of rotatable bonds is 7. The lowest BCUT2D eigenvalue weighted by Gasteiger charge is -2.15. The highest BCUT2D eigenvalue weighted by atomic mass is 19.2. The number of amides is 1. The molecule has 1 amide bonds. The van der Waals surface area contributed by atoms with E-state index in [4.69, 9.17) is 9.15 Å². The zero-order valence-electron chi connectivity index (χ0n) is 17.6. The summed E-state index contributed by atoms with van der Waals surface area (Å²) in [6.45, 7) is 1.11. The molecule has 0 bridgehead atoms. The first-order valence-electron chi connectivity index (χ1n) is 10.0. The molecule has 1 unspecified atom stereocenters. The van der Waals surface area contributed by atoms with Crippen molar-refractivity contribution < 1.29 is 35.9 Å². The van der Waals surface area contributed by atoms with Crippen LogP contribution in [0.4, 0.5) is 22.0 Å². The van der Waals surface area contributed by atoms with Crippen LogP contribution in [0, 0.1) is 29.1 Å². The third-order valence-corrected chi connectivity index (χ3v) is 5.03. The Morgan fingerprint density at radius 2 is 1.59 bits per heavy atom. The van der Waals surface area contributed by atoms with Crippen molar-refractivity contribution in [2.45, 2.75) is 19.6 Å². The number of carbonyl (C=O) groups excluding carboxylic acids is 1. The average molecular weight is 476 g/mol. The summed E-state index contributed by atoms with van der Waals surface area (Å²) in [4.78, 5) is 12.6. The minimum absolute atomic E-state index is 0.0589. The Morgan fingerprint density at radius 1 is 0.941 bits per heavy atom. The molecule has 0 spiro atoms. The molecule has 5 nitrogen and oxygen atoms in total. The first-order chi connectivity index (χ1) is 16.3. The Balaban J connectivity index is 1.42. The minimum Gasteiger partial charge on any atom is -0.479 e. The van der Waals surface area contributed by atoms with Crippen molar-refractivity contribution in [3.05, 3.63) is 107 Å². The average Bonchev–Trinajstić information content (AvgIpc) is 3.54. The topological polar surface area (TPSA) is 56.4 Å².